The van der Waals surface area contributed by atoms with Crippen molar-refractivity contribution in [2.45, 2.75) is 32.1 Å². The standard InChI is InChI=1S/C6H11.ClH2Si.2ClH.Ti/c1-2-4-6-5-3-1;1-2;;;/h1H,2-6H2;2H2;2*1H;/q-1;;;;+3/p-2. The van der Waals surface area contributed by atoms with E-state index in [0.29, 0.717) is 0 Å². The third-order valence-electron chi connectivity index (χ3n) is 1.32. The zero-order chi connectivity index (χ0) is 6.24. The second-order valence-electron chi connectivity index (χ2n) is 1.93. The van der Waals surface area contributed by atoms with Crippen LogP contribution in [0, 0.1) is 6.42 Å². The van der Waals surface area contributed by atoms with Gasteiger partial charge in [-0.15, -0.1) is 0 Å². The largest absolute Gasteiger partial charge is 3.00 e. The van der Waals surface area contributed by atoms with Crippen LogP contribution in [0.5, 0.6) is 0 Å². The monoisotopic (exact) mass is 266 g/mol. The second-order valence-corrected chi connectivity index (χ2v) is 1.93. The Morgan fingerprint density at radius 2 is 1.27 bits per heavy atom. The Morgan fingerprint density at radius 1 is 0.909 bits per heavy atom. The van der Waals surface area contributed by atoms with Crippen molar-refractivity contribution >= 4 is 20.6 Å². The van der Waals surface area contributed by atoms with E-state index in [1.807, 2.05) is 0 Å². The van der Waals surface area contributed by atoms with Crippen LogP contribution in [0.3, 0.4) is 0 Å². The first-order chi connectivity index (χ1) is 4.00. The smallest absolute Gasteiger partial charge is 1.00 e. The fourth-order valence-electron chi connectivity index (χ4n) is 0.898. The third kappa shape index (κ3) is 18.6. The molecule has 0 aromatic heterocycles. The summed E-state index contributed by atoms with van der Waals surface area (Å²) in [5, 5.41) is 0. The van der Waals surface area contributed by atoms with Crippen LogP contribution in [-0.2, 0) is 21.7 Å². The summed E-state index contributed by atoms with van der Waals surface area (Å²) >= 11 is 4.67. The van der Waals surface area contributed by atoms with E-state index in [1.54, 1.807) is 0 Å². The molecule has 0 amide bonds. The molecule has 0 unspecified atom stereocenters. The van der Waals surface area contributed by atoms with Crippen molar-refractivity contribution in [3.8, 4) is 0 Å². The molecule has 0 saturated heterocycles. The van der Waals surface area contributed by atoms with E-state index in [9.17, 15) is 0 Å². The van der Waals surface area contributed by atoms with Crippen molar-refractivity contribution in [3.05, 3.63) is 6.42 Å². The molecule has 0 aromatic carbocycles. The van der Waals surface area contributed by atoms with Crippen LogP contribution < -0.4 is 24.8 Å². The molecule has 11 heavy (non-hydrogen) atoms. The molecule has 1 aliphatic carbocycles. The van der Waals surface area contributed by atoms with Crippen molar-refractivity contribution in [1.29, 1.82) is 0 Å². The van der Waals surface area contributed by atoms with Gasteiger partial charge in [0, 0.05) is 0 Å². The summed E-state index contributed by atoms with van der Waals surface area (Å²) in [4.78, 5) is 0. The van der Waals surface area contributed by atoms with Crippen molar-refractivity contribution in [2.24, 2.45) is 0 Å². The van der Waals surface area contributed by atoms with Crippen LogP contribution in [-0.4, -0.2) is 9.55 Å². The summed E-state index contributed by atoms with van der Waals surface area (Å²) < 4.78 is 0. The molecule has 1 rings (SSSR count). The molecule has 0 nitrogen and oxygen atoms in total. The molecule has 0 bridgehead atoms. The first-order valence-corrected chi connectivity index (χ1v) is 5.22. The summed E-state index contributed by atoms with van der Waals surface area (Å²) in [5.41, 5.74) is 0. The van der Waals surface area contributed by atoms with E-state index in [-0.39, 0.29) is 46.5 Å². The van der Waals surface area contributed by atoms with Gasteiger partial charge in [-0.05, 0) is 0 Å². The fraction of sp³-hybridized carbons (Fsp3) is 0.833. The Labute approximate surface area is 105 Å². The summed E-state index contributed by atoms with van der Waals surface area (Å²) in [6.07, 6.45) is 9.50. The Kier molecular flexibility index (Phi) is 47.3. The van der Waals surface area contributed by atoms with Crippen molar-refractivity contribution in [3.63, 3.8) is 0 Å². The molecule has 2 radical (unpaired) electrons. The summed E-state index contributed by atoms with van der Waals surface area (Å²) in [7, 11) is 1.33. The average molecular weight is 267 g/mol. The Morgan fingerprint density at radius 3 is 1.36 bits per heavy atom. The molecule has 0 N–H and O–H groups in total. The van der Waals surface area contributed by atoms with Gasteiger partial charge in [0.25, 0.3) is 0 Å². The molecule has 1 saturated carbocycles. The molecule has 0 heterocycles. The van der Waals surface area contributed by atoms with Gasteiger partial charge in [0.1, 0.15) is 9.55 Å². The zero-order valence-electron chi connectivity index (χ0n) is 6.45. The molecule has 1 fully saturated rings. The minimum absolute atomic E-state index is 0. The number of hydrogen-bond donors (Lipinski definition) is 0. The molecule has 0 aromatic rings. The maximum atomic E-state index is 4.67. The van der Waals surface area contributed by atoms with Gasteiger partial charge in [-0.1, -0.05) is 19.3 Å². The molecule has 0 spiro atoms. The second kappa shape index (κ2) is 22.6. The number of halogens is 3. The van der Waals surface area contributed by atoms with Gasteiger partial charge in [-0.25, -0.2) is 0 Å². The van der Waals surface area contributed by atoms with Crippen LogP contribution in [0.25, 0.3) is 0 Å². The number of rotatable bonds is 0. The van der Waals surface area contributed by atoms with E-state index < -0.39 is 0 Å². The molecule has 66 valence electrons. The van der Waals surface area contributed by atoms with Crippen LogP contribution in [0.15, 0.2) is 0 Å². The van der Waals surface area contributed by atoms with Crippen LogP contribution in [0.4, 0.5) is 0 Å². The van der Waals surface area contributed by atoms with Gasteiger partial charge in [0.05, 0.1) is 0 Å². The van der Waals surface area contributed by atoms with Crippen LogP contribution in [0.1, 0.15) is 32.1 Å². The topological polar surface area (TPSA) is 0 Å². The van der Waals surface area contributed by atoms with Gasteiger partial charge < -0.3 is 31.2 Å². The summed E-state index contributed by atoms with van der Waals surface area (Å²) in [5.74, 6) is 0. The Hall–Kier alpha value is 1.80. The normalized spacial score (nSPS) is 13.6. The first kappa shape index (κ1) is 23.0. The first-order valence-electron chi connectivity index (χ1n) is 3.08. The predicted molar refractivity (Wildman–Crippen MR) is 41.8 cm³/mol. The maximum Gasteiger partial charge on any atom is 3.00 e. The van der Waals surface area contributed by atoms with Gasteiger partial charge in [0.2, 0.25) is 0 Å². The van der Waals surface area contributed by atoms with E-state index in [0.717, 1.165) is 0 Å². The minimum Gasteiger partial charge on any atom is -1.00 e. The molecular formula is C6H13Cl3SiTi. The van der Waals surface area contributed by atoms with Crippen LogP contribution in [0.2, 0.25) is 0 Å². The summed E-state index contributed by atoms with van der Waals surface area (Å²) in [6.45, 7) is 0. The summed E-state index contributed by atoms with van der Waals surface area (Å²) in [6, 6.07) is 0. The molecular weight excluding hydrogens is 254 g/mol. The van der Waals surface area contributed by atoms with Crippen molar-refractivity contribution < 1.29 is 46.5 Å². The van der Waals surface area contributed by atoms with Gasteiger partial charge in [0.15, 0.2) is 0 Å². The minimum atomic E-state index is 0. The molecule has 1 aliphatic rings. The van der Waals surface area contributed by atoms with E-state index >= 15 is 0 Å². The molecule has 0 aliphatic heterocycles. The van der Waals surface area contributed by atoms with Gasteiger partial charge >= 0.3 is 21.7 Å². The zero-order valence-corrected chi connectivity index (χ0v) is 11.7. The predicted octanol–water partition coefficient (Wildman–Crippen LogP) is -4.07. The third-order valence-corrected chi connectivity index (χ3v) is 1.32. The average Bonchev–Trinajstić information content (AvgIpc) is 1.96. The van der Waals surface area contributed by atoms with Crippen LogP contribution >= 0.6 is 11.1 Å². The Bertz CT molecular complexity index is 33.3. The number of hydrogen-bond acceptors (Lipinski definition) is 0. The van der Waals surface area contributed by atoms with Crippen molar-refractivity contribution in [1.82, 2.24) is 0 Å². The van der Waals surface area contributed by atoms with E-state index in [1.165, 1.54) is 41.7 Å². The maximum absolute atomic E-state index is 4.67. The van der Waals surface area contributed by atoms with E-state index in [2.05, 4.69) is 17.5 Å². The molecule has 5 heteroatoms. The molecule has 0 atom stereocenters. The fourth-order valence-corrected chi connectivity index (χ4v) is 0.898. The Balaban J connectivity index is -0.0000000459. The van der Waals surface area contributed by atoms with Crippen molar-refractivity contribution in [2.75, 3.05) is 0 Å². The van der Waals surface area contributed by atoms with Gasteiger partial charge in [-0.3, -0.25) is 0 Å². The SMILES string of the molecule is [CH-]1CCCCC1.[Cl-].[Cl-].[SiH2]Cl.[Ti+3]. The van der Waals surface area contributed by atoms with E-state index in [4.69, 9.17) is 0 Å². The quantitative estimate of drug-likeness (QED) is 0.238. The van der Waals surface area contributed by atoms with Gasteiger partial charge in [-0.2, -0.15) is 23.9 Å².